The van der Waals surface area contributed by atoms with Gasteiger partial charge in [-0.1, -0.05) is 127 Å². The van der Waals surface area contributed by atoms with Crippen LogP contribution in [-0.4, -0.2) is 4.98 Å². The summed E-state index contributed by atoms with van der Waals surface area (Å²) in [5, 5.41) is 3.58. The van der Waals surface area contributed by atoms with E-state index in [-0.39, 0.29) is 0 Å². The molecule has 0 spiro atoms. The Labute approximate surface area is 289 Å². The first-order valence-electron chi connectivity index (χ1n) is 16.5. The quantitative estimate of drug-likeness (QED) is 0.172. The molecule has 0 amide bonds. The summed E-state index contributed by atoms with van der Waals surface area (Å²) in [6.07, 6.45) is 1.90. The third-order valence-electron chi connectivity index (χ3n) is 9.07. The minimum absolute atomic E-state index is 1.04. The molecule has 0 aliphatic carbocycles. The fraction of sp³-hybridized carbons (Fsp3) is 0. The maximum atomic E-state index is 4.88. The molecule has 0 unspecified atom stereocenters. The van der Waals surface area contributed by atoms with Crippen molar-refractivity contribution in [3.8, 4) is 11.1 Å². The summed E-state index contributed by atoms with van der Waals surface area (Å²) < 4.78 is 2.40. The number of para-hydroxylation sites is 4. The predicted molar refractivity (Wildman–Crippen MR) is 209 cm³/mol. The summed E-state index contributed by atoms with van der Waals surface area (Å²) in [5.41, 5.74) is 9.94. The minimum Gasteiger partial charge on any atom is -0.308 e. The fourth-order valence-corrected chi connectivity index (χ4v) is 8.23. The molecule has 9 aromatic rings. The molecule has 2 heterocycles. The van der Waals surface area contributed by atoms with Crippen molar-refractivity contribution in [3.63, 3.8) is 0 Å². The zero-order chi connectivity index (χ0) is 32.6. The van der Waals surface area contributed by atoms with Gasteiger partial charge in [0.1, 0.15) is 0 Å². The lowest BCUT2D eigenvalue weighted by Gasteiger charge is -2.34. The Morgan fingerprint density at radius 3 is 1.63 bits per heavy atom. The average molecular weight is 646 g/mol. The summed E-state index contributed by atoms with van der Waals surface area (Å²) >= 11 is 1.83. The molecule has 0 saturated carbocycles. The van der Waals surface area contributed by atoms with Gasteiger partial charge in [0.2, 0.25) is 0 Å². The summed E-state index contributed by atoms with van der Waals surface area (Å²) in [6.45, 7) is 0. The van der Waals surface area contributed by atoms with Gasteiger partial charge in [-0.25, -0.2) is 0 Å². The van der Waals surface area contributed by atoms with E-state index in [9.17, 15) is 0 Å². The van der Waals surface area contributed by atoms with Crippen molar-refractivity contribution < 1.29 is 0 Å². The standard InChI is InChI=1S/C45H31N3S/c1-5-16-32(17-6-1)37-25-13-14-26-40(37)48(36-23-11-4-12-24-36)41-30-29-39-38-28-27-33-18-15-31-46-42(33)44(38)49-45(39)43(41)47(34-19-7-2-8-20-34)35-21-9-3-10-22-35/h1-31H. The second-order valence-electron chi connectivity index (χ2n) is 12.0. The molecule has 49 heavy (non-hydrogen) atoms. The molecule has 0 N–H and O–H groups in total. The molecule has 0 saturated heterocycles. The Bertz CT molecular complexity index is 2510. The highest BCUT2D eigenvalue weighted by Crippen LogP contribution is 2.53. The van der Waals surface area contributed by atoms with Gasteiger partial charge < -0.3 is 9.80 Å². The molecule has 3 nitrogen and oxygen atoms in total. The van der Waals surface area contributed by atoms with Crippen molar-refractivity contribution in [2.75, 3.05) is 9.80 Å². The van der Waals surface area contributed by atoms with E-state index in [1.807, 2.05) is 23.6 Å². The molecule has 0 atom stereocenters. The first kappa shape index (κ1) is 29.0. The second kappa shape index (κ2) is 12.4. The molecule has 0 aliphatic rings. The van der Waals surface area contributed by atoms with E-state index in [0.29, 0.717) is 0 Å². The van der Waals surface area contributed by atoms with E-state index in [4.69, 9.17) is 4.98 Å². The zero-order valence-electron chi connectivity index (χ0n) is 26.6. The third kappa shape index (κ3) is 5.10. The number of aromatic nitrogens is 1. The number of fused-ring (bicyclic) bond motifs is 5. The van der Waals surface area contributed by atoms with Crippen LogP contribution in [0, 0.1) is 0 Å². The number of nitrogens with zero attached hydrogens (tertiary/aromatic N) is 3. The van der Waals surface area contributed by atoms with E-state index in [2.05, 4.69) is 186 Å². The van der Waals surface area contributed by atoms with Crippen molar-refractivity contribution >= 4 is 76.5 Å². The molecule has 0 fully saturated rings. The van der Waals surface area contributed by atoms with Gasteiger partial charge in [0.15, 0.2) is 0 Å². The predicted octanol–water partition coefficient (Wildman–Crippen LogP) is 13.2. The third-order valence-corrected chi connectivity index (χ3v) is 10.3. The van der Waals surface area contributed by atoms with Crippen LogP contribution in [0.15, 0.2) is 188 Å². The molecule has 0 bridgehead atoms. The Morgan fingerprint density at radius 1 is 0.408 bits per heavy atom. The van der Waals surface area contributed by atoms with Gasteiger partial charge in [-0.05, 0) is 60.2 Å². The first-order chi connectivity index (χ1) is 24.3. The van der Waals surface area contributed by atoms with Crippen LogP contribution in [0.5, 0.6) is 0 Å². The fourth-order valence-electron chi connectivity index (χ4n) is 6.89. The Kier molecular flexibility index (Phi) is 7.34. The largest absolute Gasteiger partial charge is 0.308 e. The Balaban J connectivity index is 1.43. The van der Waals surface area contributed by atoms with Gasteiger partial charge in [-0.15, -0.1) is 11.3 Å². The summed E-state index contributed by atoms with van der Waals surface area (Å²) in [7, 11) is 0. The highest BCUT2D eigenvalue weighted by molar-refractivity contribution is 7.27. The number of rotatable bonds is 7. The van der Waals surface area contributed by atoms with E-state index in [1.165, 1.54) is 25.7 Å². The Hall–Kier alpha value is -6.23. The number of pyridine rings is 1. The number of benzene rings is 7. The minimum atomic E-state index is 1.04. The van der Waals surface area contributed by atoms with Crippen LogP contribution in [0.2, 0.25) is 0 Å². The normalized spacial score (nSPS) is 11.3. The highest BCUT2D eigenvalue weighted by Gasteiger charge is 2.27. The number of thiophene rings is 1. The van der Waals surface area contributed by atoms with Crippen LogP contribution in [0.1, 0.15) is 0 Å². The van der Waals surface area contributed by atoms with Crippen molar-refractivity contribution in [2.45, 2.75) is 0 Å². The summed E-state index contributed by atoms with van der Waals surface area (Å²) in [6, 6.07) is 64.8. The number of anilines is 6. The molecule has 0 aliphatic heterocycles. The van der Waals surface area contributed by atoms with E-state index >= 15 is 0 Å². The Morgan fingerprint density at radius 2 is 0.959 bits per heavy atom. The lowest BCUT2D eigenvalue weighted by Crippen LogP contribution is -2.17. The van der Waals surface area contributed by atoms with Gasteiger partial charge in [0.25, 0.3) is 0 Å². The van der Waals surface area contributed by atoms with E-state index in [0.717, 1.165) is 50.6 Å². The monoisotopic (exact) mass is 645 g/mol. The maximum absolute atomic E-state index is 4.88. The summed E-state index contributed by atoms with van der Waals surface area (Å²) in [5.74, 6) is 0. The van der Waals surface area contributed by atoms with Crippen molar-refractivity contribution in [3.05, 3.63) is 188 Å². The van der Waals surface area contributed by atoms with Crippen molar-refractivity contribution in [1.29, 1.82) is 0 Å². The van der Waals surface area contributed by atoms with Crippen LogP contribution in [-0.2, 0) is 0 Å². The van der Waals surface area contributed by atoms with E-state index < -0.39 is 0 Å². The zero-order valence-corrected chi connectivity index (χ0v) is 27.5. The van der Waals surface area contributed by atoms with Crippen LogP contribution in [0.3, 0.4) is 0 Å². The lowest BCUT2D eigenvalue weighted by atomic mass is 10.0. The SMILES string of the molecule is c1ccc(-c2ccccc2N(c2ccccc2)c2ccc3c(sc4c3ccc3cccnc34)c2N(c2ccccc2)c2ccccc2)cc1. The molecule has 7 aromatic carbocycles. The maximum Gasteiger partial charge on any atom is 0.0883 e. The van der Waals surface area contributed by atoms with Crippen LogP contribution in [0.4, 0.5) is 34.1 Å². The molecular formula is C45H31N3S. The van der Waals surface area contributed by atoms with Gasteiger partial charge in [0.05, 0.1) is 32.0 Å². The molecular weight excluding hydrogens is 615 g/mol. The highest BCUT2D eigenvalue weighted by atomic mass is 32.1. The number of hydrogen-bond donors (Lipinski definition) is 0. The first-order valence-corrected chi connectivity index (χ1v) is 17.3. The summed E-state index contributed by atoms with van der Waals surface area (Å²) in [4.78, 5) is 9.73. The molecule has 0 radical (unpaired) electrons. The van der Waals surface area contributed by atoms with Gasteiger partial charge in [0, 0.05) is 45.0 Å². The van der Waals surface area contributed by atoms with Crippen LogP contribution < -0.4 is 9.80 Å². The smallest absolute Gasteiger partial charge is 0.0883 e. The van der Waals surface area contributed by atoms with Crippen LogP contribution >= 0.6 is 11.3 Å². The van der Waals surface area contributed by atoms with E-state index in [1.54, 1.807) is 0 Å². The van der Waals surface area contributed by atoms with Crippen LogP contribution in [0.25, 0.3) is 42.2 Å². The topological polar surface area (TPSA) is 19.4 Å². The molecule has 232 valence electrons. The molecule has 4 heteroatoms. The van der Waals surface area contributed by atoms with Crippen molar-refractivity contribution in [1.82, 2.24) is 4.98 Å². The molecule has 2 aromatic heterocycles. The lowest BCUT2D eigenvalue weighted by molar-refractivity contribution is 1.24. The average Bonchev–Trinajstić information content (AvgIpc) is 3.57. The number of hydrogen-bond acceptors (Lipinski definition) is 4. The van der Waals surface area contributed by atoms with Gasteiger partial charge in [-0.2, -0.15) is 0 Å². The van der Waals surface area contributed by atoms with Gasteiger partial charge in [-0.3, -0.25) is 4.98 Å². The second-order valence-corrected chi connectivity index (χ2v) is 13.0. The van der Waals surface area contributed by atoms with Gasteiger partial charge >= 0.3 is 0 Å². The molecule has 9 rings (SSSR count). The van der Waals surface area contributed by atoms with Crippen molar-refractivity contribution in [2.24, 2.45) is 0 Å².